The van der Waals surface area contributed by atoms with Crippen LogP contribution in [0.1, 0.15) is 6.92 Å². The number of rotatable bonds is 7. The van der Waals surface area contributed by atoms with E-state index in [9.17, 15) is 4.79 Å². The number of nitrogen functional groups attached to an aromatic ring is 1. The molecule has 0 heterocycles. The van der Waals surface area contributed by atoms with Gasteiger partial charge in [-0.2, -0.15) is 0 Å². The van der Waals surface area contributed by atoms with Gasteiger partial charge in [-0.1, -0.05) is 36.0 Å². The second-order valence-electron chi connectivity index (χ2n) is 3.96. The molecule has 0 aliphatic rings. The lowest BCUT2D eigenvalue weighted by Gasteiger charge is -2.10. The summed E-state index contributed by atoms with van der Waals surface area (Å²) in [5, 5.41) is 7.99. The summed E-state index contributed by atoms with van der Waals surface area (Å²) in [5.41, 5.74) is 7.29. The van der Waals surface area contributed by atoms with Crippen LogP contribution in [0.4, 0.5) is 11.4 Å². The van der Waals surface area contributed by atoms with E-state index in [4.69, 9.17) is 17.3 Å². The molecule has 0 bridgehead atoms. The smallest absolute Gasteiger partial charge is 0.259 e. The molecule has 4 nitrogen and oxygen atoms in total. The van der Waals surface area contributed by atoms with E-state index in [1.54, 1.807) is 12.3 Å². The molecule has 108 valence electrons. The third-order valence-electron chi connectivity index (χ3n) is 2.35. The third kappa shape index (κ3) is 5.59. The number of hydrogen-bond acceptors (Lipinski definition) is 4. The standard InChI is InChI=1S/C14H18ClN3OS/c1-3-20-13(10(2)15)14(19)18-8-7-17-12-6-4-5-11(16)9-12/h3-6,9,17H,1,7-8,16H2,2H3,(H,18,19)/b13-10+. The molecule has 0 atom stereocenters. The van der Waals surface area contributed by atoms with E-state index in [0.29, 0.717) is 28.7 Å². The van der Waals surface area contributed by atoms with Crippen molar-refractivity contribution >= 4 is 40.6 Å². The summed E-state index contributed by atoms with van der Waals surface area (Å²) in [7, 11) is 0. The zero-order valence-corrected chi connectivity index (χ0v) is 12.9. The number of carbonyl (C=O) groups is 1. The molecule has 0 radical (unpaired) electrons. The van der Waals surface area contributed by atoms with Gasteiger partial charge in [0.25, 0.3) is 5.91 Å². The Bertz CT molecular complexity index is 513. The van der Waals surface area contributed by atoms with Crippen LogP contribution in [0.15, 0.2) is 46.2 Å². The van der Waals surface area contributed by atoms with Gasteiger partial charge in [-0.25, -0.2) is 0 Å². The molecule has 20 heavy (non-hydrogen) atoms. The number of halogens is 1. The molecule has 4 N–H and O–H groups in total. The van der Waals surface area contributed by atoms with E-state index >= 15 is 0 Å². The van der Waals surface area contributed by atoms with Gasteiger partial charge in [0, 0.05) is 29.5 Å². The molecule has 1 aromatic carbocycles. The predicted octanol–water partition coefficient (Wildman–Crippen LogP) is 3.14. The zero-order chi connectivity index (χ0) is 15.0. The first-order valence-corrected chi connectivity index (χ1v) is 7.32. The van der Waals surface area contributed by atoms with Crippen molar-refractivity contribution in [2.24, 2.45) is 0 Å². The van der Waals surface area contributed by atoms with Gasteiger partial charge in [0.05, 0.1) is 4.91 Å². The van der Waals surface area contributed by atoms with Crippen LogP contribution < -0.4 is 16.4 Å². The molecule has 1 aromatic rings. The number of hydrogen-bond donors (Lipinski definition) is 3. The minimum Gasteiger partial charge on any atom is -0.399 e. The van der Waals surface area contributed by atoms with Crippen molar-refractivity contribution in [3.63, 3.8) is 0 Å². The van der Waals surface area contributed by atoms with Crippen molar-refractivity contribution in [2.75, 3.05) is 24.1 Å². The van der Waals surface area contributed by atoms with Gasteiger partial charge < -0.3 is 16.4 Å². The molecule has 1 rings (SSSR count). The Morgan fingerprint density at radius 1 is 1.50 bits per heavy atom. The van der Waals surface area contributed by atoms with Crippen molar-refractivity contribution in [1.29, 1.82) is 0 Å². The Kier molecular flexibility index (Phi) is 7.04. The van der Waals surface area contributed by atoms with E-state index in [2.05, 4.69) is 17.2 Å². The topological polar surface area (TPSA) is 67.2 Å². The molecule has 0 saturated heterocycles. The van der Waals surface area contributed by atoms with Crippen molar-refractivity contribution in [1.82, 2.24) is 5.32 Å². The van der Waals surface area contributed by atoms with E-state index in [0.717, 1.165) is 5.69 Å². The maximum Gasteiger partial charge on any atom is 0.259 e. The number of amides is 1. The fourth-order valence-corrected chi connectivity index (χ4v) is 2.21. The summed E-state index contributed by atoms with van der Waals surface area (Å²) in [6.45, 7) is 6.34. The van der Waals surface area contributed by atoms with Gasteiger partial charge in [-0.05, 0) is 30.5 Å². The lowest BCUT2D eigenvalue weighted by atomic mass is 10.3. The predicted molar refractivity (Wildman–Crippen MR) is 88.7 cm³/mol. The largest absolute Gasteiger partial charge is 0.399 e. The first-order valence-electron chi connectivity index (χ1n) is 6.06. The van der Waals surface area contributed by atoms with Gasteiger partial charge in [-0.3, -0.25) is 4.79 Å². The van der Waals surface area contributed by atoms with Crippen LogP contribution in [0, 0.1) is 0 Å². The summed E-state index contributed by atoms with van der Waals surface area (Å²) < 4.78 is 0. The SMILES string of the molecule is C=CS/C(C(=O)NCCNc1cccc(N)c1)=C(\C)Cl. The number of benzene rings is 1. The average Bonchev–Trinajstić information content (AvgIpc) is 2.40. The first-order chi connectivity index (χ1) is 9.54. The number of allylic oxidation sites excluding steroid dienone is 1. The van der Waals surface area contributed by atoms with E-state index in [1.165, 1.54) is 11.8 Å². The molecule has 6 heteroatoms. The van der Waals surface area contributed by atoms with Gasteiger partial charge in [-0.15, -0.1) is 0 Å². The van der Waals surface area contributed by atoms with Crippen molar-refractivity contribution in [3.8, 4) is 0 Å². The van der Waals surface area contributed by atoms with E-state index in [1.807, 2.05) is 24.3 Å². The molecule has 1 amide bonds. The maximum atomic E-state index is 11.9. The van der Waals surface area contributed by atoms with Crippen LogP contribution in [0.5, 0.6) is 0 Å². The molecule has 0 aliphatic carbocycles. The van der Waals surface area contributed by atoms with Crippen molar-refractivity contribution in [3.05, 3.63) is 46.2 Å². The fraction of sp³-hybridized carbons (Fsp3) is 0.214. The lowest BCUT2D eigenvalue weighted by molar-refractivity contribution is -0.116. The summed E-state index contributed by atoms with van der Waals surface area (Å²) in [4.78, 5) is 12.3. The molecule has 0 saturated carbocycles. The Morgan fingerprint density at radius 3 is 2.85 bits per heavy atom. The summed E-state index contributed by atoms with van der Waals surface area (Å²) >= 11 is 7.08. The van der Waals surface area contributed by atoms with Gasteiger partial charge in [0.15, 0.2) is 0 Å². The first kappa shape index (κ1) is 16.5. The molecular weight excluding hydrogens is 294 g/mol. The average molecular weight is 312 g/mol. The maximum absolute atomic E-state index is 11.9. The second-order valence-corrected chi connectivity index (χ2v) is 5.50. The molecule has 0 aromatic heterocycles. The van der Waals surface area contributed by atoms with Crippen molar-refractivity contribution < 1.29 is 4.79 Å². The highest BCUT2D eigenvalue weighted by Crippen LogP contribution is 2.22. The fourth-order valence-electron chi connectivity index (χ4n) is 1.49. The third-order valence-corrected chi connectivity index (χ3v) is 3.54. The van der Waals surface area contributed by atoms with Crippen LogP contribution in [-0.4, -0.2) is 19.0 Å². The highest BCUT2D eigenvalue weighted by molar-refractivity contribution is 8.06. The lowest BCUT2D eigenvalue weighted by Crippen LogP contribution is -2.29. The quantitative estimate of drug-likeness (QED) is 0.411. The van der Waals surface area contributed by atoms with Gasteiger partial charge >= 0.3 is 0 Å². The Labute approximate surface area is 128 Å². The number of carbonyl (C=O) groups excluding carboxylic acids is 1. The number of nitrogens with one attached hydrogen (secondary N) is 2. The van der Waals surface area contributed by atoms with Gasteiger partial charge in [0.2, 0.25) is 0 Å². The Hall–Kier alpha value is -1.59. The molecule has 0 unspecified atom stereocenters. The molecule has 0 fully saturated rings. The zero-order valence-electron chi connectivity index (χ0n) is 11.3. The Balaban J connectivity index is 2.39. The van der Waals surface area contributed by atoms with E-state index in [-0.39, 0.29) is 5.91 Å². The number of anilines is 2. The molecular formula is C14H18ClN3OS. The van der Waals surface area contributed by atoms with Crippen LogP contribution in [0.3, 0.4) is 0 Å². The number of nitrogens with two attached hydrogens (primary N) is 1. The molecule has 0 aliphatic heterocycles. The van der Waals surface area contributed by atoms with Gasteiger partial charge in [0.1, 0.15) is 0 Å². The van der Waals surface area contributed by atoms with Crippen LogP contribution >= 0.6 is 23.4 Å². The monoisotopic (exact) mass is 311 g/mol. The van der Waals surface area contributed by atoms with E-state index < -0.39 is 0 Å². The Morgan fingerprint density at radius 2 is 2.25 bits per heavy atom. The number of thioether (sulfide) groups is 1. The molecule has 0 spiro atoms. The highest BCUT2D eigenvalue weighted by atomic mass is 35.5. The highest BCUT2D eigenvalue weighted by Gasteiger charge is 2.10. The normalized spacial score (nSPS) is 11.5. The summed E-state index contributed by atoms with van der Waals surface area (Å²) in [6, 6.07) is 7.44. The van der Waals surface area contributed by atoms with Crippen LogP contribution in [0.25, 0.3) is 0 Å². The second kappa shape index (κ2) is 8.55. The summed E-state index contributed by atoms with van der Waals surface area (Å²) in [6.07, 6.45) is 0. The van der Waals surface area contributed by atoms with Crippen molar-refractivity contribution in [2.45, 2.75) is 6.92 Å². The minimum absolute atomic E-state index is 0.197. The minimum atomic E-state index is -0.197. The van der Waals surface area contributed by atoms with Crippen LogP contribution in [0.2, 0.25) is 0 Å². The van der Waals surface area contributed by atoms with Crippen LogP contribution in [-0.2, 0) is 4.79 Å². The summed E-state index contributed by atoms with van der Waals surface area (Å²) in [5.74, 6) is -0.197.